The molecule has 1 atom stereocenters. The summed E-state index contributed by atoms with van der Waals surface area (Å²) in [6.07, 6.45) is 2.59. The summed E-state index contributed by atoms with van der Waals surface area (Å²) in [5.74, 6) is -1.15. The van der Waals surface area contributed by atoms with Gasteiger partial charge in [-0.3, -0.25) is 25.4 Å². The lowest BCUT2D eigenvalue weighted by Crippen LogP contribution is -2.43. The third-order valence-electron chi connectivity index (χ3n) is 5.10. The summed E-state index contributed by atoms with van der Waals surface area (Å²) in [7, 11) is 0. The number of para-hydroxylation sites is 1. The number of aromatic nitrogens is 1. The number of benzene rings is 1. The second-order valence-electron chi connectivity index (χ2n) is 7.33. The van der Waals surface area contributed by atoms with Gasteiger partial charge in [0.2, 0.25) is 0 Å². The number of amides is 2. The van der Waals surface area contributed by atoms with E-state index in [-0.39, 0.29) is 0 Å². The Morgan fingerprint density at radius 1 is 1.17 bits per heavy atom. The molecule has 0 saturated heterocycles. The topological polar surface area (TPSA) is 97.4 Å². The maximum Gasteiger partial charge on any atom is 0.339 e. The average Bonchev–Trinajstić information content (AvgIpc) is 3.29. The van der Waals surface area contributed by atoms with Crippen LogP contribution in [0.5, 0.6) is 0 Å². The maximum atomic E-state index is 13.0. The number of fused-ring (bicyclic) bond motifs is 2. The van der Waals surface area contributed by atoms with Crippen LogP contribution in [0.25, 0.3) is 10.9 Å². The lowest BCUT2D eigenvalue weighted by atomic mass is 9.84. The van der Waals surface area contributed by atoms with Crippen molar-refractivity contribution in [1.82, 2.24) is 15.8 Å². The van der Waals surface area contributed by atoms with Gasteiger partial charge >= 0.3 is 5.97 Å². The Bertz CT molecular complexity index is 1110. The molecule has 0 spiro atoms. The zero-order valence-electron chi connectivity index (χ0n) is 16.4. The quantitative estimate of drug-likeness (QED) is 0.497. The number of carbonyl (C=O) groups excluding carboxylic acids is 3. The van der Waals surface area contributed by atoms with Crippen molar-refractivity contribution in [3.63, 3.8) is 0 Å². The molecule has 0 aliphatic heterocycles. The van der Waals surface area contributed by atoms with Crippen LogP contribution in [0.1, 0.15) is 44.6 Å². The Morgan fingerprint density at radius 3 is 2.80 bits per heavy atom. The molecule has 154 valence electrons. The van der Waals surface area contributed by atoms with Gasteiger partial charge in [-0.05, 0) is 48.3 Å². The van der Waals surface area contributed by atoms with Crippen molar-refractivity contribution in [2.75, 3.05) is 6.61 Å². The van der Waals surface area contributed by atoms with Crippen molar-refractivity contribution in [3.8, 4) is 0 Å². The minimum absolute atomic E-state index is 0.423. The zero-order valence-corrected chi connectivity index (χ0v) is 17.3. The predicted octanol–water partition coefficient (Wildman–Crippen LogP) is 3.04. The number of hydrogen-bond donors (Lipinski definition) is 2. The number of nitrogens with zero attached hydrogens (tertiary/aromatic N) is 1. The standard InChI is InChI=1S/C22H21N3O4S/c1-13-8-9-17-15(11-13)20(14-5-2-3-6-16(14)23-17)22(28)29-12-19(26)24-25-21(27)18-7-4-10-30-18/h2-7,10,13H,8-9,11-12H2,1H3,(H,24,26)(H,25,27). The molecule has 2 heterocycles. The number of esters is 1. The number of aryl methyl sites for hydroxylation is 1. The Labute approximate surface area is 177 Å². The van der Waals surface area contributed by atoms with Crippen molar-refractivity contribution in [1.29, 1.82) is 0 Å². The first-order valence-corrected chi connectivity index (χ1v) is 10.6. The normalized spacial score (nSPS) is 15.3. The van der Waals surface area contributed by atoms with E-state index < -0.39 is 24.4 Å². The molecule has 0 fully saturated rings. The minimum Gasteiger partial charge on any atom is -0.452 e. The van der Waals surface area contributed by atoms with Gasteiger partial charge in [0.15, 0.2) is 6.61 Å². The molecule has 0 bridgehead atoms. The molecule has 2 N–H and O–H groups in total. The molecule has 2 amide bonds. The first-order valence-electron chi connectivity index (χ1n) is 9.73. The van der Waals surface area contributed by atoms with E-state index in [2.05, 4.69) is 17.8 Å². The molecule has 7 nitrogen and oxygen atoms in total. The van der Waals surface area contributed by atoms with Crippen molar-refractivity contribution < 1.29 is 19.1 Å². The zero-order chi connectivity index (χ0) is 21.1. The summed E-state index contributed by atoms with van der Waals surface area (Å²) in [6.45, 7) is 1.65. The number of hydrogen-bond acceptors (Lipinski definition) is 6. The van der Waals surface area contributed by atoms with Gasteiger partial charge in [-0.15, -0.1) is 11.3 Å². The molecule has 1 aliphatic rings. The van der Waals surface area contributed by atoms with Gasteiger partial charge in [-0.2, -0.15) is 0 Å². The van der Waals surface area contributed by atoms with Crippen molar-refractivity contribution in [3.05, 3.63) is 63.5 Å². The van der Waals surface area contributed by atoms with Crippen LogP contribution in [-0.4, -0.2) is 29.4 Å². The van der Waals surface area contributed by atoms with Crippen molar-refractivity contribution in [2.24, 2.45) is 5.92 Å². The fourth-order valence-electron chi connectivity index (χ4n) is 3.63. The van der Waals surface area contributed by atoms with Gasteiger partial charge in [-0.25, -0.2) is 4.79 Å². The van der Waals surface area contributed by atoms with Crippen molar-refractivity contribution in [2.45, 2.75) is 26.2 Å². The minimum atomic E-state index is -0.617. The van der Waals surface area contributed by atoms with E-state index in [1.165, 1.54) is 11.3 Å². The monoisotopic (exact) mass is 423 g/mol. The third kappa shape index (κ3) is 4.18. The van der Waals surface area contributed by atoms with E-state index in [1.54, 1.807) is 17.5 Å². The number of pyridine rings is 1. The largest absolute Gasteiger partial charge is 0.452 e. The smallest absolute Gasteiger partial charge is 0.339 e. The highest BCUT2D eigenvalue weighted by atomic mass is 32.1. The van der Waals surface area contributed by atoms with Gasteiger partial charge in [0.1, 0.15) is 0 Å². The van der Waals surface area contributed by atoms with Crippen LogP contribution >= 0.6 is 11.3 Å². The van der Waals surface area contributed by atoms with Gasteiger partial charge in [-0.1, -0.05) is 31.2 Å². The van der Waals surface area contributed by atoms with E-state index in [0.717, 1.165) is 41.4 Å². The number of ether oxygens (including phenoxy) is 1. The first-order chi connectivity index (χ1) is 14.5. The van der Waals surface area contributed by atoms with E-state index in [9.17, 15) is 14.4 Å². The fraction of sp³-hybridized carbons (Fsp3) is 0.273. The summed E-state index contributed by atoms with van der Waals surface area (Å²) in [6, 6.07) is 10.8. The Morgan fingerprint density at radius 2 is 2.00 bits per heavy atom. The second-order valence-corrected chi connectivity index (χ2v) is 8.28. The number of thiophene rings is 1. The molecule has 2 aromatic heterocycles. The molecule has 30 heavy (non-hydrogen) atoms. The Balaban J connectivity index is 1.47. The first kappa shape index (κ1) is 20.0. The van der Waals surface area contributed by atoms with Gasteiger partial charge in [0.05, 0.1) is 16.0 Å². The SMILES string of the molecule is CC1CCc2nc3ccccc3c(C(=O)OCC(=O)NNC(=O)c3cccs3)c2C1. The summed E-state index contributed by atoms with van der Waals surface area (Å²) in [5.41, 5.74) is 7.62. The molecule has 0 saturated carbocycles. The van der Waals surface area contributed by atoms with Crippen LogP contribution in [0.15, 0.2) is 41.8 Å². The molecule has 1 aromatic carbocycles. The number of rotatable bonds is 4. The van der Waals surface area contributed by atoms with Crippen LogP contribution in [-0.2, 0) is 22.4 Å². The van der Waals surface area contributed by atoms with E-state index >= 15 is 0 Å². The summed E-state index contributed by atoms with van der Waals surface area (Å²) < 4.78 is 5.29. The second kappa shape index (κ2) is 8.62. The van der Waals surface area contributed by atoms with Crippen LogP contribution < -0.4 is 10.9 Å². The highest BCUT2D eigenvalue weighted by Crippen LogP contribution is 2.31. The molecule has 1 unspecified atom stereocenters. The van der Waals surface area contributed by atoms with Crippen LogP contribution in [0.2, 0.25) is 0 Å². The van der Waals surface area contributed by atoms with Crippen LogP contribution in [0.4, 0.5) is 0 Å². The van der Waals surface area contributed by atoms with Gasteiger partial charge in [0, 0.05) is 11.1 Å². The van der Waals surface area contributed by atoms with Gasteiger partial charge in [0.25, 0.3) is 11.8 Å². The highest BCUT2D eigenvalue weighted by molar-refractivity contribution is 7.12. The highest BCUT2D eigenvalue weighted by Gasteiger charge is 2.26. The lowest BCUT2D eigenvalue weighted by molar-refractivity contribution is -0.125. The predicted molar refractivity (Wildman–Crippen MR) is 113 cm³/mol. The summed E-state index contributed by atoms with van der Waals surface area (Å²) in [5, 5.41) is 2.49. The number of carbonyl (C=O) groups is 3. The molecule has 3 aromatic rings. The molecular weight excluding hydrogens is 402 g/mol. The van der Waals surface area contributed by atoms with Gasteiger partial charge < -0.3 is 4.74 Å². The summed E-state index contributed by atoms with van der Waals surface area (Å²) >= 11 is 1.26. The van der Waals surface area contributed by atoms with Crippen molar-refractivity contribution >= 4 is 40.0 Å². The Hall–Kier alpha value is -3.26. The van der Waals surface area contributed by atoms with Crippen LogP contribution in [0.3, 0.4) is 0 Å². The summed E-state index contributed by atoms with van der Waals surface area (Å²) in [4.78, 5) is 42.1. The molecule has 8 heteroatoms. The molecular formula is C22H21N3O4S. The maximum absolute atomic E-state index is 13.0. The molecule has 0 radical (unpaired) electrons. The molecule has 4 rings (SSSR count). The van der Waals surface area contributed by atoms with E-state index in [1.807, 2.05) is 24.3 Å². The molecule has 1 aliphatic carbocycles. The van der Waals surface area contributed by atoms with Crippen LogP contribution in [0, 0.1) is 5.92 Å². The number of nitrogens with one attached hydrogen (secondary N) is 2. The number of hydrazine groups is 1. The fourth-order valence-corrected chi connectivity index (χ4v) is 4.25. The average molecular weight is 423 g/mol. The Kier molecular flexibility index (Phi) is 5.76. The lowest BCUT2D eigenvalue weighted by Gasteiger charge is -2.24. The van der Waals surface area contributed by atoms with E-state index in [0.29, 0.717) is 16.4 Å². The van der Waals surface area contributed by atoms with E-state index in [4.69, 9.17) is 9.72 Å². The third-order valence-corrected chi connectivity index (χ3v) is 5.97.